The van der Waals surface area contributed by atoms with Crippen molar-refractivity contribution in [3.8, 4) is 5.75 Å². The molecule has 2 rings (SSSR count). The molecular formula is C16H15ClINO2S. The number of hydrogen-bond acceptors (Lipinski definition) is 3. The summed E-state index contributed by atoms with van der Waals surface area (Å²) >= 11 is 9.91. The first kappa shape index (κ1) is 17.4. The van der Waals surface area contributed by atoms with E-state index >= 15 is 0 Å². The minimum atomic E-state index is -0.0379. The van der Waals surface area contributed by atoms with Gasteiger partial charge in [0.05, 0.1) is 17.8 Å². The largest absolute Gasteiger partial charge is 0.497 e. The molecule has 0 atom stereocenters. The molecule has 0 aliphatic heterocycles. The van der Waals surface area contributed by atoms with E-state index < -0.39 is 0 Å². The van der Waals surface area contributed by atoms with Crippen molar-refractivity contribution in [2.75, 3.05) is 18.2 Å². The van der Waals surface area contributed by atoms with Crippen LogP contribution in [0.15, 0.2) is 47.4 Å². The second-order valence-electron chi connectivity index (χ2n) is 4.45. The number of amides is 1. The minimum Gasteiger partial charge on any atom is -0.497 e. The molecule has 3 nitrogen and oxygen atoms in total. The van der Waals surface area contributed by atoms with Crippen molar-refractivity contribution < 1.29 is 9.53 Å². The van der Waals surface area contributed by atoms with Crippen molar-refractivity contribution in [1.82, 2.24) is 0 Å². The standard InChI is InChI=1S/C16H15ClINO2S/c1-21-12-3-5-13(6-4-12)22-9-8-16(20)19-15-7-2-11(18)10-14(15)17/h2-7,10H,8-9H2,1H3,(H,19,20). The van der Waals surface area contributed by atoms with Crippen LogP contribution in [0.2, 0.25) is 5.02 Å². The first-order chi connectivity index (χ1) is 10.6. The maximum atomic E-state index is 11.9. The molecule has 0 radical (unpaired) electrons. The van der Waals surface area contributed by atoms with Crippen molar-refractivity contribution in [3.63, 3.8) is 0 Å². The summed E-state index contributed by atoms with van der Waals surface area (Å²) in [4.78, 5) is 13.0. The lowest BCUT2D eigenvalue weighted by Crippen LogP contribution is -2.12. The summed E-state index contributed by atoms with van der Waals surface area (Å²) < 4.78 is 6.15. The second-order valence-corrected chi connectivity index (χ2v) is 7.27. The highest BCUT2D eigenvalue weighted by atomic mass is 127. The molecule has 0 saturated heterocycles. The Morgan fingerprint density at radius 2 is 2.00 bits per heavy atom. The van der Waals surface area contributed by atoms with Crippen molar-refractivity contribution in [1.29, 1.82) is 0 Å². The maximum absolute atomic E-state index is 11.9. The number of thioether (sulfide) groups is 1. The zero-order valence-corrected chi connectivity index (χ0v) is 15.7. The maximum Gasteiger partial charge on any atom is 0.225 e. The van der Waals surface area contributed by atoms with Crippen molar-refractivity contribution in [2.24, 2.45) is 0 Å². The van der Waals surface area contributed by atoms with Gasteiger partial charge in [0.25, 0.3) is 0 Å². The molecule has 0 aromatic heterocycles. The van der Waals surface area contributed by atoms with E-state index in [0.717, 1.165) is 14.2 Å². The van der Waals surface area contributed by atoms with Crippen LogP contribution in [0.1, 0.15) is 6.42 Å². The number of ether oxygens (including phenoxy) is 1. The second kappa shape index (κ2) is 8.64. The van der Waals surface area contributed by atoms with Gasteiger partial charge in [0, 0.05) is 20.6 Å². The van der Waals surface area contributed by atoms with Gasteiger partial charge < -0.3 is 10.1 Å². The molecule has 6 heteroatoms. The van der Waals surface area contributed by atoms with Crippen LogP contribution < -0.4 is 10.1 Å². The lowest BCUT2D eigenvalue weighted by molar-refractivity contribution is -0.115. The summed E-state index contributed by atoms with van der Waals surface area (Å²) in [5.74, 6) is 1.50. The predicted molar refractivity (Wildman–Crippen MR) is 101 cm³/mol. The van der Waals surface area contributed by atoms with Crippen molar-refractivity contribution >= 4 is 57.5 Å². The number of benzene rings is 2. The summed E-state index contributed by atoms with van der Waals surface area (Å²) in [7, 11) is 1.64. The van der Waals surface area contributed by atoms with Gasteiger partial charge in [0.15, 0.2) is 0 Å². The Bertz CT molecular complexity index is 649. The number of nitrogens with one attached hydrogen (secondary N) is 1. The molecule has 1 N–H and O–H groups in total. The average molecular weight is 448 g/mol. The van der Waals surface area contributed by atoms with Gasteiger partial charge >= 0.3 is 0 Å². The van der Waals surface area contributed by atoms with Crippen LogP contribution in [0, 0.1) is 3.57 Å². The normalized spacial score (nSPS) is 10.3. The molecule has 0 heterocycles. The summed E-state index contributed by atoms with van der Waals surface area (Å²) in [6, 6.07) is 13.3. The third kappa shape index (κ3) is 5.37. The fraction of sp³-hybridized carbons (Fsp3) is 0.188. The highest BCUT2D eigenvalue weighted by Crippen LogP contribution is 2.25. The van der Waals surface area contributed by atoms with Crippen LogP contribution in [0.25, 0.3) is 0 Å². The molecule has 0 fully saturated rings. The molecule has 22 heavy (non-hydrogen) atoms. The fourth-order valence-corrected chi connectivity index (χ4v) is 3.49. The molecule has 0 saturated carbocycles. The fourth-order valence-electron chi connectivity index (χ4n) is 1.74. The number of methoxy groups -OCH3 is 1. The van der Waals surface area contributed by atoms with Gasteiger partial charge in [-0.25, -0.2) is 0 Å². The molecule has 0 bridgehead atoms. The number of hydrogen-bond donors (Lipinski definition) is 1. The van der Waals surface area contributed by atoms with E-state index in [1.54, 1.807) is 18.9 Å². The van der Waals surface area contributed by atoms with Crippen LogP contribution in [0.3, 0.4) is 0 Å². The molecule has 0 spiro atoms. The third-order valence-corrected chi connectivity index (χ3v) is 4.86. The van der Waals surface area contributed by atoms with E-state index in [4.69, 9.17) is 16.3 Å². The lowest BCUT2D eigenvalue weighted by Gasteiger charge is -2.08. The van der Waals surface area contributed by atoms with Gasteiger partial charge in [-0.1, -0.05) is 11.6 Å². The number of carbonyl (C=O) groups is 1. The smallest absolute Gasteiger partial charge is 0.225 e. The van der Waals surface area contributed by atoms with E-state index in [1.165, 1.54) is 0 Å². The highest BCUT2D eigenvalue weighted by Gasteiger charge is 2.06. The quantitative estimate of drug-likeness (QED) is 0.496. The monoisotopic (exact) mass is 447 g/mol. The van der Waals surface area contributed by atoms with Gasteiger partial charge in [-0.05, 0) is 65.1 Å². The first-order valence-corrected chi connectivity index (χ1v) is 9.04. The predicted octanol–water partition coefficient (Wildman–Crippen LogP) is 5.07. The number of rotatable bonds is 6. The van der Waals surface area contributed by atoms with Gasteiger partial charge in [0.2, 0.25) is 5.91 Å². The Kier molecular flexibility index (Phi) is 6.85. The Morgan fingerprint density at radius 3 is 2.64 bits per heavy atom. The summed E-state index contributed by atoms with van der Waals surface area (Å²) in [5, 5.41) is 3.39. The zero-order chi connectivity index (χ0) is 15.9. The van der Waals surface area contributed by atoms with Gasteiger partial charge in [0.1, 0.15) is 5.75 Å². The third-order valence-electron chi connectivity index (χ3n) is 2.86. The highest BCUT2D eigenvalue weighted by molar-refractivity contribution is 14.1. The number of carbonyl (C=O) groups excluding carboxylic acids is 1. The van der Waals surface area contributed by atoms with Crippen LogP contribution in [-0.2, 0) is 4.79 Å². The van der Waals surface area contributed by atoms with E-state index in [1.807, 2.05) is 42.5 Å². The molecule has 0 unspecified atom stereocenters. The Hall–Kier alpha value is -0.920. The zero-order valence-electron chi connectivity index (χ0n) is 11.9. The topological polar surface area (TPSA) is 38.3 Å². The molecule has 2 aromatic carbocycles. The van der Waals surface area contributed by atoms with Crippen molar-refractivity contribution in [2.45, 2.75) is 11.3 Å². The molecule has 0 aliphatic carbocycles. The van der Waals surface area contributed by atoms with Crippen LogP contribution >= 0.6 is 46.0 Å². The molecule has 1 amide bonds. The number of halogens is 2. The number of anilines is 1. The van der Waals surface area contributed by atoms with Crippen LogP contribution in [0.5, 0.6) is 5.75 Å². The van der Waals surface area contributed by atoms with E-state index in [0.29, 0.717) is 22.9 Å². The van der Waals surface area contributed by atoms with E-state index in [9.17, 15) is 4.79 Å². The molecule has 0 aliphatic rings. The Balaban J connectivity index is 1.79. The SMILES string of the molecule is COc1ccc(SCCC(=O)Nc2ccc(I)cc2Cl)cc1. The summed E-state index contributed by atoms with van der Waals surface area (Å²) in [6.45, 7) is 0. The average Bonchev–Trinajstić information content (AvgIpc) is 2.51. The first-order valence-electron chi connectivity index (χ1n) is 6.60. The molecule has 116 valence electrons. The van der Waals surface area contributed by atoms with Crippen LogP contribution in [-0.4, -0.2) is 18.8 Å². The lowest BCUT2D eigenvalue weighted by atomic mass is 10.3. The Labute approximate surface area is 152 Å². The minimum absolute atomic E-state index is 0.0379. The molecule has 2 aromatic rings. The summed E-state index contributed by atoms with van der Waals surface area (Å²) in [5.41, 5.74) is 0.654. The van der Waals surface area contributed by atoms with Crippen LogP contribution in [0.4, 0.5) is 5.69 Å². The van der Waals surface area contributed by atoms with E-state index in [-0.39, 0.29) is 5.91 Å². The Morgan fingerprint density at radius 1 is 1.27 bits per heavy atom. The van der Waals surface area contributed by atoms with Gasteiger partial charge in [-0.2, -0.15) is 0 Å². The van der Waals surface area contributed by atoms with Gasteiger partial charge in [-0.3, -0.25) is 4.79 Å². The van der Waals surface area contributed by atoms with Crippen molar-refractivity contribution in [3.05, 3.63) is 51.1 Å². The van der Waals surface area contributed by atoms with E-state index in [2.05, 4.69) is 27.9 Å². The summed E-state index contributed by atoms with van der Waals surface area (Å²) in [6.07, 6.45) is 0.430. The van der Waals surface area contributed by atoms with Gasteiger partial charge in [-0.15, -0.1) is 11.8 Å². The molecular weight excluding hydrogens is 433 g/mol.